The molecule has 0 spiro atoms. The van der Waals surface area contributed by atoms with Gasteiger partial charge in [-0.3, -0.25) is 4.79 Å². The van der Waals surface area contributed by atoms with E-state index < -0.39 is 0 Å². The van der Waals surface area contributed by atoms with Crippen molar-refractivity contribution in [2.45, 2.75) is 18.7 Å². The van der Waals surface area contributed by atoms with Crippen molar-refractivity contribution >= 4 is 24.2 Å². The average Bonchev–Trinajstić information content (AvgIpc) is 2.39. The van der Waals surface area contributed by atoms with E-state index in [-0.39, 0.29) is 5.91 Å². The highest BCUT2D eigenvalue weighted by Crippen LogP contribution is 2.19. The maximum Gasteiger partial charge on any atom is 0.258 e. The van der Waals surface area contributed by atoms with Gasteiger partial charge >= 0.3 is 0 Å². The largest absolute Gasteiger partial charge is 0.309 e. The van der Waals surface area contributed by atoms with Gasteiger partial charge in [-0.15, -0.1) is 12.6 Å². The fourth-order valence-electron chi connectivity index (χ4n) is 2.03. The summed E-state index contributed by atoms with van der Waals surface area (Å²) in [5.74, 6) is 0.00370. The predicted molar refractivity (Wildman–Crippen MR) is 82.2 cm³/mol. The normalized spacial score (nSPS) is 10.3. The number of carbonyl (C=O) groups is 1. The van der Waals surface area contributed by atoms with Crippen molar-refractivity contribution in [3.8, 4) is 0 Å². The van der Waals surface area contributed by atoms with Crippen molar-refractivity contribution in [1.82, 2.24) is 0 Å². The van der Waals surface area contributed by atoms with Gasteiger partial charge in [-0.05, 0) is 49.7 Å². The molecule has 3 heteroatoms. The summed E-state index contributed by atoms with van der Waals surface area (Å²) in [5, 5.41) is 0. The molecule has 0 aliphatic carbocycles. The second-order valence-corrected chi connectivity index (χ2v) is 4.96. The van der Waals surface area contributed by atoms with Crippen molar-refractivity contribution in [1.29, 1.82) is 0 Å². The minimum Gasteiger partial charge on any atom is -0.309 e. The van der Waals surface area contributed by atoms with Crippen LogP contribution in [0.1, 0.15) is 22.8 Å². The summed E-state index contributed by atoms with van der Waals surface area (Å²) < 4.78 is 0. The van der Waals surface area contributed by atoms with Crippen molar-refractivity contribution < 1.29 is 4.79 Å². The second-order valence-electron chi connectivity index (χ2n) is 4.44. The first-order valence-electron chi connectivity index (χ1n) is 6.29. The van der Waals surface area contributed by atoms with Gasteiger partial charge in [0.15, 0.2) is 0 Å². The summed E-state index contributed by atoms with van der Waals surface area (Å²) in [7, 11) is 0. The third-order valence-electron chi connectivity index (χ3n) is 2.97. The maximum atomic E-state index is 12.5. The van der Waals surface area contributed by atoms with Gasteiger partial charge in [0.2, 0.25) is 0 Å². The van der Waals surface area contributed by atoms with E-state index in [0.717, 1.165) is 16.1 Å². The van der Waals surface area contributed by atoms with Gasteiger partial charge in [-0.1, -0.05) is 18.2 Å². The van der Waals surface area contributed by atoms with E-state index in [1.807, 2.05) is 56.3 Å². The van der Waals surface area contributed by atoms with Gasteiger partial charge in [-0.25, -0.2) is 0 Å². The summed E-state index contributed by atoms with van der Waals surface area (Å²) >= 11 is 4.28. The molecule has 1 amide bonds. The number of hydrogen-bond donors (Lipinski definition) is 1. The van der Waals surface area contributed by atoms with Crippen LogP contribution in [-0.2, 0) is 0 Å². The van der Waals surface area contributed by atoms with Crippen LogP contribution in [0.25, 0.3) is 0 Å². The number of carbonyl (C=O) groups excluding carboxylic acids is 1. The molecule has 0 fully saturated rings. The first kappa shape index (κ1) is 13.7. The fourth-order valence-corrected chi connectivity index (χ4v) is 2.26. The highest BCUT2D eigenvalue weighted by molar-refractivity contribution is 7.80. The Morgan fingerprint density at radius 3 is 2.53 bits per heavy atom. The lowest BCUT2D eigenvalue weighted by molar-refractivity contribution is 0.0988. The molecule has 0 N–H and O–H groups in total. The zero-order valence-electron chi connectivity index (χ0n) is 11.1. The lowest BCUT2D eigenvalue weighted by atomic mass is 10.1. The number of nitrogens with zero attached hydrogens (tertiary/aromatic N) is 1. The van der Waals surface area contributed by atoms with Crippen LogP contribution in [0.3, 0.4) is 0 Å². The van der Waals surface area contributed by atoms with Crippen LogP contribution in [-0.4, -0.2) is 12.5 Å². The van der Waals surface area contributed by atoms with Crippen molar-refractivity contribution in [3.63, 3.8) is 0 Å². The Labute approximate surface area is 119 Å². The van der Waals surface area contributed by atoms with E-state index in [1.165, 1.54) is 0 Å². The molecule has 0 bridgehead atoms. The number of amides is 1. The number of anilines is 1. The van der Waals surface area contributed by atoms with Gasteiger partial charge in [0.05, 0.1) is 0 Å². The number of aryl methyl sites for hydroxylation is 1. The van der Waals surface area contributed by atoms with Gasteiger partial charge in [0, 0.05) is 22.7 Å². The van der Waals surface area contributed by atoms with E-state index in [2.05, 4.69) is 12.6 Å². The topological polar surface area (TPSA) is 20.3 Å². The minimum absolute atomic E-state index is 0.00370. The Bertz CT molecular complexity index is 595. The molecule has 0 unspecified atom stereocenters. The molecule has 0 saturated heterocycles. The summed E-state index contributed by atoms with van der Waals surface area (Å²) in [5.41, 5.74) is 2.74. The van der Waals surface area contributed by atoms with Crippen LogP contribution in [0.2, 0.25) is 0 Å². The monoisotopic (exact) mass is 271 g/mol. The van der Waals surface area contributed by atoms with Crippen LogP contribution in [0, 0.1) is 6.92 Å². The lowest BCUT2D eigenvalue weighted by Crippen LogP contribution is -2.30. The van der Waals surface area contributed by atoms with Gasteiger partial charge in [-0.2, -0.15) is 0 Å². The lowest BCUT2D eigenvalue weighted by Gasteiger charge is -2.21. The Morgan fingerprint density at radius 2 is 1.89 bits per heavy atom. The number of hydrogen-bond acceptors (Lipinski definition) is 2. The van der Waals surface area contributed by atoms with Gasteiger partial charge in [0.25, 0.3) is 5.91 Å². The quantitative estimate of drug-likeness (QED) is 0.838. The number of rotatable bonds is 3. The Balaban J connectivity index is 2.34. The summed E-state index contributed by atoms with van der Waals surface area (Å²) in [4.78, 5) is 15.1. The van der Waals surface area contributed by atoms with E-state index in [0.29, 0.717) is 12.1 Å². The number of thiol groups is 1. The first-order valence-corrected chi connectivity index (χ1v) is 6.74. The highest BCUT2D eigenvalue weighted by Gasteiger charge is 2.16. The van der Waals surface area contributed by atoms with Crippen LogP contribution >= 0.6 is 12.6 Å². The maximum absolute atomic E-state index is 12.5. The molecular weight excluding hydrogens is 254 g/mol. The second kappa shape index (κ2) is 5.93. The Kier molecular flexibility index (Phi) is 4.27. The average molecular weight is 271 g/mol. The van der Waals surface area contributed by atoms with E-state index in [4.69, 9.17) is 0 Å². The smallest absolute Gasteiger partial charge is 0.258 e. The van der Waals surface area contributed by atoms with Crippen LogP contribution in [0.5, 0.6) is 0 Å². The molecule has 0 atom stereocenters. The van der Waals surface area contributed by atoms with Gasteiger partial charge in [0.1, 0.15) is 0 Å². The first-order chi connectivity index (χ1) is 9.11. The molecule has 2 rings (SSSR count). The minimum atomic E-state index is 0.00370. The molecule has 0 aliphatic rings. The Hall–Kier alpha value is -1.74. The van der Waals surface area contributed by atoms with Gasteiger partial charge < -0.3 is 4.90 Å². The predicted octanol–water partition coefficient (Wildman–Crippen LogP) is 3.95. The summed E-state index contributed by atoms with van der Waals surface area (Å²) in [6.07, 6.45) is 0. The zero-order chi connectivity index (χ0) is 13.8. The molecule has 2 aromatic rings. The molecule has 2 nitrogen and oxygen atoms in total. The SMILES string of the molecule is CCN(C(=O)c1cccc(S)c1)c1cccc(C)c1. The zero-order valence-corrected chi connectivity index (χ0v) is 12.0. The molecule has 2 aromatic carbocycles. The molecule has 19 heavy (non-hydrogen) atoms. The van der Waals surface area contributed by atoms with Crippen molar-refractivity contribution in [2.75, 3.05) is 11.4 Å². The standard InChI is InChI=1S/C16H17NOS/c1-3-17(14-8-4-6-12(2)10-14)16(18)13-7-5-9-15(19)11-13/h4-11,19H,3H2,1-2H3. The molecule has 98 valence electrons. The molecule has 0 aliphatic heterocycles. The summed E-state index contributed by atoms with van der Waals surface area (Å²) in [6.45, 7) is 4.64. The van der Waals surface area contributed by atoms with Crippen molar-refractivity contribution in [3.05, 3.63) is 59.7 Å². The number of benzene rings is 2. The molecule has 0 heterocycles. The molecule has 0 aromatic heterocycles. The van der Waals surface area contributed by atoms with Crippen LogP contribution < -0.4 is 4.90 Å². The fraction of sp³-hybridized carbons (Fsp3) is 0.188. The van der Waals surface area contributed by atoms with E-state index in [1.54, 1.807) is 11.0 Å². The van der Waals surface area contributed by atoms with E-state index in [9.17, 15) is 4.79 Å². The van der Waals surface area contributed by atoms with Crippen LogP contribution in [0.4, 0.5) is 5.69 Å². The Morgan fingerprint density at radius 1 is 1.16 bits per heavy atom. The van der Waals surface area contributed by atoms with E-state index >= 15 is 0 Å². The molecular formula is C16H17NOS. The van der Waals surface area contributed by atoms with Crippen molar-refractivity contribution in [2.24, 2.45) is 0 Å². The van der Waals surface area contributed by atoms with Crippen LogP contribution in [0.15, 0.2) is 53.4 Å². The third kappa shape index (κ3) is 3.18. The third-order valence-corrected chi connectivity index (χ3v) is 3.25. The highest BCUT2D eigenvalue weighted by atomic mass is 32.1. The summed E-state index contributed by atoms with van der Waals surface area (Å²) in [6, 6.07) is 15.3. The molecule has 0 saturated carbocycles. The molecule has 0 radical (unpaired) electrons.